The van der Waals surface area contributed by atoms with Gasteiger partial charge < -0.3 is 10.0 Å². The fraction of sp³-hybridized carbons (Fsp3) is 0.500. The predicted octanol–water partition coefficient (Wildman–Crippen LogP) is 3.39. The van der Waals surface area contributed by atoms with Gasteiger partial charge in [-0.15, -0.1) is 0 Å². The average Bonchev–Trinajstić information content (AvgIpc) is 2.20. The normalized spacial score (nSPS) is 10.9. The van der Waals surface area contributed by atoms with Crippen LogP contribution >= 0.6 is 15.9 Å². The van der Waals surface area contributed by atoms with Crippen LogP contribution in [0.1, 0.15) is 25.3 Å². The van der Waals surface area contributed by atoms with Crippen LogP contribution in [0, 0.1) is 0 Å². The van der Waals surface area contributed by atoms with E-state index in [1.54, 1.807) is 6.07 Å². The maximum atomic E-state index is 9.36. The summed E-state index contributed by atoms with van der Waals surface area (Å²) in [6.07, 6.45) is 2.46. The molecule has 0 atom stereocenters. The van der Waals surface area contributed by atoms with E-state index < -0.39 is 0 Å². The van der Waals surface area contributed by atoms with Gasteiger partial charge in [0.05, 0.1) is 4.47 Å². The Morgan fingerprint density at radius 1 is 1.40 bits per heavy atom. The molecule has 0 aliphatic rings. The molecule has 84 valence electrons. The Morgan fingerprint density at radius 2 is 2.13 bits per heavy atom. The molecule has 0 spiro atoms. The van der Waals surface area contributed by atoms with Crippen LogP contribution in [0.4, 0.5) is 0 Å². The molecule has 0 amide bonds. The second kappa shape index (κ2) is 6.13. The molecular weight excluding hydrogens is 254 g/mol. The highest BCUT2D eigenvalue weighted by molar-refractivity contribution is 9.10. The van der Waals surface area contributed by atoms with Crippen molar-refractivity contribution < 1.29 is 5.11 Å². The first-order chi connectivity index (χ1) is 7.13. The number of hydrogen-bond donors (Lipinski definition) is 1. The third-order valence-electron chi connectivity index (χ3n) is 2.36. The van der Waals surface area contributed by atoms with Gasteiger partial charge in [-0.05, 0) is 53.6 Å². The smallest absolute Gasteiger partial charge is 0.129 e. The van der Waals surface area contributed by atoms with Crippen LogP contribution in [0.3, 0.4) is 0 Å². The summed E-state index contributed by atoms with van der Waals surface area (Å²) in [5, 5.41) is 9.36. The molecule has 0 saturated heterocycles. The Balaban J connectivity index is 2.53. The topological polar surface area (TPSA) is 23.5 Å². The Kier molecular flexibility index (Phi) is 5.12. The third-order valence-corrected chi connectivity index (χ3v) is 2.99. The third kappa shape index (κ3) is 4.22. The van der Waals surface area contributed by atoms with Gasteiger partial charge in [-0.3, -0.25) is 0 Å². The maximum Gasteiger partial charge on any atom is 0.129 e. The van der Waals surface area contributed by atoms with Crippen molar-refractivity contribution in [2.24, 2.45) is 0 Å². The van der Waals surface area contributed by atoms with Crippen molar-refractivity contribution in [2.75, 3.05) is 13.6 Å². The van der Waals surface area contributed by atoms with Crippen molar-refractivity contribution in [3.63, 3.8) is 0 Å². The lowest BCUT2D eigenvalue weighted by Gasteiger charge is -2.16. The summed E-state index contributed by atoms with van der Waals surface area (Å²) in [5.41, 5.74) is 1.22. The standard InChI is InChI=1S/C12H18BrNO/c1-3-4-7-14(2)9-10-5-6-12(15)11(13)8-10/h5-6,8,15H,3-4,7,9H2,1-2H3. The van der Waals surface area contributed by atoms with E-state index >= 15 is 0 Å². The quantitative estimate of drug-likeness (QED) is 0.888. The maximum absolute atomic E-state index is 9.36. The van der Waals surface area contributed by atoms with Gasteiger partial charge >= 0.3 is 0 Å². The zero-order chi connectivity index (χ0) is 11.3. The number of aromatic hydroxyl groups is 1. The van der Waals surface area contributed by atoms with Gasteiger partial charge in [0, 0.05) is 6.54 Å². The molecule has 15 heavy (non-hydrogen) atoms. The monoisotopic (exact) mass is 271 g/mol. The first-order valence-electron chi connectivity index (χ1n) is 5.29. The Morgan fingerprint density at radius 3 is 2.73 bits per heavy atom. The van der Waals surface area contributed by atoms with Gasteiger partial charge in [-0.1, -0.05) is 19.4 Å². The van der Waals surface area contributed by atoms with Gasteiger partial charge in [-0.2, -0.15) is 0 Å². The van der Waals surface area contributed by atoms with Gasteiger partial charge in [-0.25, -0.2) is 0 Å². The van der Waals surface area contributed by atoms with Crippen LogP contribution in [-0.2, 0) is 6.54 Å². The van der Waals surface area contributed by atoms with E-state index in [9.17, 15) is 5.11 Å². The second-order valence-corrected chi connectivity index (χ2v) is 4.73. The summed E-state index contributed by atoms with van der Waals surface area (Å²) in [4.78, 5) is 2.29. The van der Waals surface area contributed by atoms with Crippen LogP contribution in [-0.4, -0.2) is 23.6 Å². The Labute approximate surface area is 100 Å². The summed E-state index contributed by atoms with van der Waals surface area (Å²) in [5.74, 6) is 0.301. The van der Waals surface area contributed by atoms with Crippen molar-refractivity contribution in [2.45, 2.75) is 26.3 Å². The van der Waals surface area contributed by atoms with E-state index in [-0.39, 0.29) is 0 Å². The highest BCUT2D eigenvalue weighted by Gasteiger charge is 2.02. The summed E-state index contributed by atoms with van der Waals surface area (Å²) in [7, 11) is 2.12. The van der Waals surface area contributed by atoms with E-state index in [0.717, 1.165) is 17.6 Å². The highest BCUT2D eigenvalue weighted by atomic mass is 79.9. The number of benzene rings is 1. The molecule has 0 unspecified atom stereocenters. The summed E-state index contributed by atoms with van der Waals surface area (Å²) < 4.78 is 0.767. The van der Waals surface area contributed by atoms with Crippen molar-refractivity contribution in [3.8, 4) is 5.75 Å². The molecule has 0 fully saturated rings. The second-order valence-electron chi connectivity index (χ2n) is 3.88. The van der Waals surface area contributed by atoms with Crippen LogP contribution in [0.15, 0.2) is 22.7 Å². The molecule has 0 saturated carbocycles. The minimum Gasteiger partial charge on any atom is -0.507 e. The molecule has 0 aromatic heterocycles. The van der Waals surface area contributed by atoms with Crippen molar-refractivity contribution in [1.82, 2.24) is 4.90 Å². The van der Waals surface area contributed by atoms with E-state index in [4.69, 9.17) is 0 Å². The molecule has 0 aliphatic heterocycles. The van der Waals surface area contributed by atoms with Gasteiger partial charge in [0.1, 0.15) is 5.75 Å². The highest BCUT2D eigenvalue weighted by Crippen LogP contribution is 2.24. The van der Waals surface area contributed by atoms with Gasteiger partial charge in [0.25, 0.3) is 0 Å². The molecule has 3 heteroatoms. The van der Waals surface area contributed by atoms with Crippen molar-refractivity contribution in [1.29, 1.82) is 0 Å². The molecule has 0 heterocycles. The number of phenolic OH excluding ortho intramolecular Hbond substituents is 1. The van der Waals surface area contributed by atoms with Gasteiger partial charge in [0.2, 0.25) is 0 Å². The number of unbranched alkanes of at least 4 members (excludes halogenated alkanes) is 1. The Bertz CT molecular complexity index is 314. The number of halogens is 1. The van der Waals surface area contributed by atoms with E-state index in [1.807, 2.05) is 12.1 Å². The molecular formula is C12H18BrNO. The lowest BCUT2D eigenvalue weighted by molar-refractivity contribution is 0.320. The molecule has 1 rings (SSSR count). The zero-order valence-corrected chi connectivity index (χ0v) is 10.9. The molecule has 1 aromatic carbocycles. The number of hydrogen-bond acceptors (Lipinski definition) is 2. The number of rotatable bonds is 5. The van der Waals surface area contributed by atoms with Crippen LogP contribution in [0.25, 0.3) is 0 Å². The molecule has 0 radical (unpaired) electrons. The molecule has 1 aromatic rings. The van der Waals surface area contributed by atoms with Crippen LogP contribution in [0.5, 0.6) is 5.75 Å². The van der Waals surface area contributed by atoms with Crippen molar-refractivity contribution in [3.05, 3.63) is 28.2 Å². The molecule has 0 bridgehead atoms. The summed E-state index contributed by atoms with van der Waals surface area (Å²) in [6, 6.07) is 5.66. The lowest BCUT2D eigenvalue weighted by Crippen LogP contribution is -2.18. The minimum atomic E-state index is 0.301. The first kappa shape index (κ1) is 12.5. The SMILES string of the molecule is CCCCN(C)Cc1ccc(O)c(Br)c1. The number of phenols is 1. The largest absolute Gasteiger partial charge is 0.507 e. The number of nitrogens with zero attached hydrogens (tertiary/aromatic N) is 1. The lowest BCUT2D eigenvalue weighted by atomic mass is 10.2. The summed E-state index contributed by atoms with van der Waals surface area (Å²) >= 11 is 3.32. The van der Waals surface area contributed by atoms with Crippen molar-refractivity contribution >= 4 is 15.9 Å². The van der Waals surface area contributed by atoms with Crippen LogP contribution in [0.2, 0.25) is 0 Å². The zero-order valence-electron chi connectivity index (χ0n) is 9.33. The molecule has 2 nitrogen and oxygen atoms in total. The fourth-order valence-corrected chi connectivity index (χ4v) is 1.89. The molecule has 0 aliphatic carbocycles. The minimum absolute atomic E-state index is 0.301. The first-order valence-corrected chi connectivity index (χ1v) is 6.08. The van der Waals surface area contributed by atoms with Gasteiger partial charge in [0.15, 0.2) is 0 Å². The fourth-order valence-electron chi connectivity index (χ4n) is 1.47. The molecule has 1 N–H and O–H groups in total. The predicted molar refractivity (Wildman–Crippen MR) is 67.0 cm³/mol. The average molecular weight is 272 g/mol. The van der Waals surface area contributed by atoms with E-state index in [1.165, 1.54) is 18.4 Å². The van der Waals surface area contributed by atoms with Crippen LogP contribution < -0.4 is 0 Å². The Hall–Kier alpha value is -0.540. The van der Waals surface area contributed by atoms with E-state index in [2.05, 4.69) is 34.8 Å². The summed E-state index contributed by atoms with van der Waals surface area (Å²) in [6.45, 7) is 4.25. The van der Waals surface area contributed by atoms with E-state index in [0.29, 0.717) is 5.75 Å².